The SMILES string of the molecule is CO[C@@H]1CO[C@H]2[C@@H]1OC[C@H]2Oc1cc(F)ccc1Cc1ncnc2cc(N=S(C)(C)=O)cc(Cl)c12. The number of methoxy groups -OCH3 is 1. The highest BCUT2D eigenvalue weighted by Crippen LogP contribution is 2.35. The highest BCUT2D eigenvalue weighted by atomic mass is 35.5. The molecule has 2 aliphatic heterocycles. The smallest absolute Gasteiger partial charge is 0.151 e. The van der Waals surface area contributed by atoms with Crippen molar-refractivity contribution in [1.29, 1.82) is 0 Å². The van der Waals surface area contributed by atoms with Crippen molar-refractivity contribution in [2.75, 3.05) is 32.8 Å². The number of aromatic nitrogens is 2. The zero-order chi connectivity index (χ0) is 24.7. The molecule has 8 nitrogen and oxygen atoms in total. The number of hydrogen-bond donors (Lipinski definition) is 0. The zero-order valence-electron chi connectivity index (χ0n) is 19.4. The van der Waals surface area contributed by atoms with Crippen molar-refractivity contribution in [1.82, 2.24) is 9.97 Å². The van der Waals surface area contributed by atoms with E-state index in [-0.39, 0.29) is 18.3 Å². The van der Waals surface area contributed by atoms with E-state index in [2.05, 4.69) is 14.3 Å². The predicted molar refractivity (Wildman–Crippen MR) is 131 cm³/mol. The number of ether oxygens (including phenoxy) is 4. The summed E-state index contributed by atoms with van der Waals surface area (Å²) in [6, 6.07) is 7.77. The first-order valence-electron chi connectivity index (χ1n) is 11.0. The lowest BCUT2D eigenvalue weighted by Crippen LogP contribution is -2.35. The third-order valence-electron chi connectivity index (χ3n) is 6.01. The molecule has 11 heteroatoms. The third kappa shape index (κ3) is 5.12. The second-order valence-corrected chi connectivity index (χ2v) is 11.8. The van der Waals surface area contributed by atoms with Crippen molar-refractivity contribution in [3.8, 4) is 5.75 Å². The minimum atomic E-state index is -2.36. The molecule has 0 amide bonds. The van der Waals surface area contributed by atoms with E-state index in [1.165, 1.54) is 18.5 Å². The van der Waals surface area contributed by atoms with Gasteiger partial charge >= 0.3 is 0 Å². The fourth-order valence-electron chi connectivity index (χ4n) is 4.49. The summed E-state index contributed by atoms with van der Waals surface area (Å²) >= 11 is 6.58. The van der Waals surface area contributed by atoms with E-state index in [1.54, 1.807) is 37.8 Å². The molecule has 3 heterocycles. The van der Waals surface area contributed by atoms with Gasteiger partial charge in [0.1, 0.15) is 36.2 Å². The van der Waals surface area contributed by atoms with Gasteiger partial charge in [0.25, 0.3) is 0 Å². The minimum Gasteiger partial charge on any atom is -0.485 e. The molecule has 0 aliphatic carbocycles. The molecule has 0 unspecified atom stereocenters. The Labute approximate surface area is 207 Å². The molecule has 3 aromatic rings. The van der Waals surface area contributed by atoms with Gasteiger partial charge in [-0.2, -0.15) is 4.36 Å². The summed E-state index contributed by atoms with van der Waals surface area (Å²) in [7, 11) is -0.741. The number of halogens is 2. The monoisotopic (exact) mass is 521 g/mol. The molecule has 2 aromatic carbocycles. The quantitative estimate of drug-likeness (QED) is 0.485. The Kier molecular flexibility index (Phi) is 6.67. The molecule has 0 saturated carbocycles. The van der Waals surface area contributed by atoms with Gasteiger partial charge in [-0.05, 0) is 18.2 Å². The molecule has 4 atom stereocenters. The highest BCUT2D eigenvalue weighted by Gasteiger charge is 2.49. The molecule has 35 heavy (non-hydrogen) atoms. The largest absolute Gasteiger partial charge is 0.485 e. The van der Waals surface area contributed by atoms with Crippen molar-refractivity contribution < 1.29 is 27.5 Å². The van der Waals surface area contributed by atoms with E-state index in [4.69, 9.17) is 30.5 Å². The minimum absolute atomic E-state index is 0.152. The van der Waals surface area contributed by atoms with Gasteiger partial charge in [0.05, 0.1) is 35.1 Å². The molecule has 2 saturated heterocycles. The standard InChI is InChI=1S/C24H25ClFN3O5S/c1-31-20-10-32-24-21(11-33-23(20)24)34-19-7-14(26)5-4-13(19)6-17-22-16(25)8-15(29-35(2,3)30)9-18(22)28-12-27-17/h4-5,7-9,12,20-21,23-24H,6,10-11H2,1-3H3/t20-,21-,23-,24-/m1/s1. The molecule has 0 N–H and O–H groups in total. The van der Waals surface area contributed by atoms with Gasteiger partial charge in [-0.25, -0.2) is 18.6 Å². The van der Waals surface area contributed by atoms with Crippen LogP contribution in [0.15, 0.2) is 41.0 Å². The van der Waals surface area contributed by atoms with Crippen LogP contribution in [0.1, 0.15) is 11.3 Å². The van der Waals surface area contributed by atoms with Crippen LogP contribution in [0.4, 0.5) is 10.1 Å². The van der Waals surface area contributed by atoms with Gasteiger partial charge in [0.2, 0.25) is 0 Å². The predicted octanol–water partition coefficient (Wildman–Crippen LogP) is 3.93. The Morgan fingerprint density at radius 3 is 2.63 bits per heavy atom. The lowest BCUT2D eigenvalue weighted by molar-refractivity contribution is -0.0139. The Bertz CT molecular complexity index is 1390. The number of hydrogen-bond acceptors (Lipinski definition) is 8. The molecule has 0 radical (unpaired) electrons. The molecule has 0 spiro atoms. The average Bonchev–Trinajstić information content (AvgIpc) is 3.37. The Balaban J connectivity index is 1.46. The van der Waals surface area contributed by atoms with Gasteiger partial charge in [-0.1, -0.05) is 17.7 Å². The Morgan fingerprint density at radius 2 is 1.89 bits per heavy atom. The van der Waals surface area contributed by atoms with Gasteiger partial charge in [0, 0.05) is 52.8 Å². The van der Waals surface area contributed by atoms with Crippen LogP contribution in [-0.4, -0.2) is 71.4 Å². The Morgan fingerprint density at radius 1 is 1.14 bits per heavy atom. The van der Waals surface area contributed by atoms with Crippen LogP contribution in [0.5, 0.6) is 5.75 Å². The summed E-state index contributed by atoms with van der Waals surface area (Å²) in [4.78, 5) is 8.76. The summed E-state index contributed by atoms with van der Waals surface area (Å²) in [6.45, 7) is 0.740. The van der Waals surface area contributed by atoms with Crippen molar-refractivity contribution >= 4 is 37.9 Å². The van der Waals surface area contributed by atoms with E-state index >= 15 is 0 Å². The van der Waals surface area contributed by atoms with E-state index in [0.29, 0.717) is 52.7 Å². The second kappa shape index (κ2) is 9.59. The highest BCUT2D eigenvalue weighted by molar-refractivity contribution is 7.92. The zero-order valence-corrected chi connectivity index (χ0v) is 21.0. The number of nitrogens with zero attached hydrogens (tertiary/aromatic N) is 3. The van der Waals surface area contributed by atoms with Crippen molar-refractivity contribution in [3.63, 3.8) is 0 Å². The topological polar surface area (TPSA) is 92.1 Å². The Hall–Kier alpha value is -2.37. The molecule has 2 aliphatic rings. The first-order valence-corrected chi connectivity index (χ1v) is 13.7. The van der Waals surface area contributed by atoms with Crippen LogP contribution < -0.4 is 4.74 Å². The molecule has 5 rings (SSSR count). The lowest BCUT2D eigenvalue weighted by Gasteiger charge is -2.20. The fraction of sp³-hybridized carbons (Fsp3) is 0.417. The van der Waals surface area contributed by atoms with Crippen LogP contribution in [-0.2, 0) is 30.4 Å². The summed E-state index contributed by atoms with van der Waals surface area (Å²) in [5.41, 5.74) is 2.43. The summed E-state index contributed by atoms with van der Waals surface area (Å²) < 4.78 is 53.8. The van der Waals surface area contributed by atoms with Gasteiger partial charge in [0.15, 0.2) is 6.10 Å². The maximum Gasteiger partial charge on any atom is 0.151 e. The normalized spacial score (nSPS) is 24.0. The van der Waals surface area contributed by atoms with E-state index in [9.17, 15) is 8.60 Å². The molecular formula is C24H25ClFN3O5S. The first kappa shape index (κ1) is 24.3. The number of fused-ring (bicyclic) bond motifs is 2. The van der Waals surface area contributed by atoms with Crippen molar-refractivity contribution in [2.24, 2.45) is 4.36 Å². The second-order valence-electron chi connectivity index (χ2n) is 8.87. The molecular weight excluding hydrogens is 497 g/mol. The molecule has 0 bridgehead atoms. The maximum atomic E-state index is 14.2. The van der Waals surface area contributed by atoms with Crippen molar-refractivity contribution in [3.05, 3.63) is 58.8 Å². The summed E-state index contributed by atoms with van der Waals surface area (Å²) in [6.07, 6.45) is 3.81. The van der Waals surface area contributed by atoms with Crippen LogP contribution in [0.25, 0.3) is 10.9 Å². The van der Waals surface area contributed by atoms with E-state index in [1.807, 2.05) is 0 Å². The average molecular weight is 522 g/mol. The van der Waals surface area contributed by atoms with Crippen molar-refractivity contribution in [2.45, 2.75) is 30.8 Å². The fourth-order valence-corrected chi connectivity index (χ4v) is 5.42. The number of rotatable bonds is 6. The summed E-state index contributed by atoms with van der Waals surface area (Å²) in [5, 5.41) is 1.04. The van der Waals surface area contributed by atoms with E-state index < -0.39 is 21.7 Å². The number of benzene rings is 2. The summed E-state index contributed by atoms with van der Waals surface area (Å²) in [5.74, 6) is -0.0317. The third-order valence-corrected chi connectivity index (χ3v) is 6.96. The van der Waals surface area contributed by atoms with E-state index in [0.717, 1.165) is 5.56 Å². The molecule has 186 valence electrons. The van der Waals surface area contributed by atoms with Gasteiger partial charge in [-0.3, -0.25) is 0 Å². The molecule has 2 fully saturated rings. The first-order chi connectivity index (χ1) is 16.7. The van der Waals surface area contributed by atoms with Crippen LogP contribution in [0.3, 0.4) is 0 Å². The van der Waals surface area contributed by atoms with Gasteiger partial charge < -0.3 is 18.9 Å². The lowest BCUT2D eigenvalue weighted by atomic mass is 10.0. The molecule has 1 aromatic heterocycles. The maximum absolute atomic E-state index is 14.2. The van der Waals surface area contributed by atoms with Crippen LogP contribution in [0.2, 0.25) is 5.02 Å². The van der Waals surface area contributed by atoms with Crippen LogP contribution >= 0.6 is 11.6 Å². The van der Waals surface area contributed by atoms with Gasteiger partial charge in [-0.15, -0.1) is 0 Å². The van der Waals surface area contributed by atoms with Crippen LogP contribution in [0, 0.1) is 5.82 Å².